The molecule has 0 amide bonds. The van der Waals surface area contributed by atoms with Gasteiger partial charge in [0.1, 0.15) is 23.7 Å². The van der Waals surface area contributed by atoms with Gasteiger partial charge in [0.25, 0.3) is 0 Å². The van der Waals surface area contributed by atoms with Crippen LogP contribution in [0.2, 0.25) is 0 Å². The third-order valence-electron chi connectivity index (χ3n) is 5.44. The molecule has 0 aromatic heterocycles. The van der Waals surface area contributed by atoms with Crippen LogP contribution >= 0.6 is 7.82 Å². The average Bonchev–Trinajstić information content (AvgIpc) is 2.93. The number of aliphatic hydroxyl groups excluding tert-OH is 2. The van der Waals surface area contributed by atoms with E-state index in [4.69, 9.17) is 9.05 Å². The van der Waals surface area contributed by atoms with Crippen molar-refractivity contribution in [3.05, 3.63) is 131 Å². The van der Waals surface area contributed by atoms with Crippen LogP contribution in [-0.2, 0) is 4.57 Å². The molecule has 8 nitrogen and oxygen atoms in total. The summed E-state index contributed by atoms with van der Waals surface area (Å²) in [6.07, 6.45) is -2.71. The minimum absolute atomic E-state index is 0. The van der Waals surface area contributed by atoms with Crippen LogP contribution in [0, 0.1) is 0 Å². The van der Waals surface area contributed by atoms with Crippen molar-refractivity contribution in [3.8, 4) is 11.5 Å². The van der Waals surface area contributed by atoms with Crippen molar-refractivity contribution in [1.82, 2.24) is 0 Å². The Labute approximate surface area is 241 Å². The van der Waals surface area contributed by atoms with Gasteiger partial charge in [0.2, 0.25) is 0 Å². The maximum absolute atomic E-state index is 12.5. The molecule has 2 atom stereocenters. The van der Waals surface area contributed by atoms with Gasteiger partial charge < -0.3 is 24.2 Å². The first-order valence-corrected chi connectivity index (χ1v) is 12.6. The van der Waals surface area contributed by atoms with Crippen LogP contribution in [0.4, 0.5) is 0 Å². The molecule has 0 heterocycles. The van der Waals surface area contributed by atoms with Gasteiger partial charge in [0.05, 0.1) is 0 Å². The molecule has 0 saturated heterocycles. The second kappa shape index (κ2) is 13.1. The minimum atomic E-state index is -4.87. The van der Waals surface area contributed by atoms with Crippen molar-refractivity contribution in [2.24, 2.45) is 0 Å². The van der Waals surface area contributed by atoms with Crippen molar-refractivity contribution in [3.63, 3.8) is 0 Å². The fraction of sp³-hybridized carbons (Fsp3) is 0.0714. The Hall–Kier alpha value is -3.07. The van der Waals surface area contributed by atoms with E-state index >= 15 is 0 Å². The second-order valence-electron chi connectivity index (χ2n) is 8.03. The Morgan fingerprint density at radius 1 is 0.605 bits per heavy atom. The maximum Gasteiger partial charge on any atom is 1.00 e. The third kappa shape index (κ3) is 7.49. The van der Waals surface area contributed by atoms with Gasteiger partial charge in [-0.2, -0.15) is 0 Å². The summed E-state index contributed by atoms with van der Waals surface area (Å²) in [4.78, 5) is 37.4. The molecule has 2 N–H and O–H groups in total. The molecule has 188 valence electrons. The Kier molecular flexibility index (Phi) is 10.2. The number of rotatable bonds is 10. The van der Waals surface area contributed by atoms with Crippen molar-refractivity contribution in [2.75, 3.05) is 0 Å². The van der Waals surface area contributed by atoms with Crippen LogP contribution in [0.25, 0.3) is 0 Å². The zero-order chi connectivity index (χ0) is 26.4. The summed E-state index contributed by atoms with van der Waals surface area (Å²) in [5.74, 6) is -1.29. The van der Waals surface area contributed by atoms with Gasteiger partial charge in [-0.1, -0.05) is 60.7 Å². The van der Waals surface area contributed by atoms with E-state index in [1.165, 1.54) is 48.5 Å². The second-order valence-corrected chi connectivity index (χ2v) is 9.29. The number of phosphoric acid groups is 1. The summed E-state index contributed by atoms with van der Waals surface area (Å²) in [5.41, 5.74) is 1.21. The molecule has 4 aromatic carbocycles. The van der Waals surface area contributed by atoms with Gasteiger partial charge in [-0.3, -0.25) is 9.59 Å². The van der Waals surface area contributed by atoms with Crippen molar-refractivity contribution in [2.45, 2.75) is 12.2 Å². The molecular formula is C28H22NaO8P. The van der Waals surface area contributed by atoms with E-state index < -0.39 is 31.6 Å². The van der Waals surface area contributed by atoms with Crippen molar-refractivity contribution in [1.29, 1.82) is 0 Å². The van der Waals surface area contributed by atoms with Gasteiger partial charge in [0.15, 0.2) is 11.6 Å². The van der Waals surface area contributed by atoms with E-state index in [9.17, 15) is 29.3 Å². The number of phosphoric ester groups is 1. The standard InChI is InChI=1S/C28H23O8P.Na/c29-25(19-7-3-1-4-8-19)27(31)21-11-15-23(16-12-21)35-37(33,34)36-24-17-13-22(14-18-24)28(32)26(30)20-9-5-2-6-10-20;/h1-18,25-26,29-30H,(H,33,34);/q;+1/p-1. The molecule has 0 saturated carbocycles. The maximum atomic E-state index is 12.5. The summed E-state index contributed by atoms with van der Waals surface area (Å²) < 4.78 is 22.3. The first-order valence-electron chi connectivity index (χ1n) is 11.2. The van der Waals surface area contributed by atoms with Gasteiger partial charge in [-0.15, -0.1) is 0 Å². The number of carbonyl (C=O) groups is 2. The summed E-state index contributed by atoms with van der Waals surface area (Å²) in [6, 6.07) is 27.3. The van der Waals surface area contributed by atoms with Crippen LogP contribution in [0.5, 0.6) is 11.5 Å². The SMILES string of the molecule is O=C(c1ccc(OP(=O)([O-])Oc2ccc(C(=O)C(O)c3ccccc3)cc2)cc1)C(O)c1ccccc1.[Na+]. The molecule has 10 heteroatoms. The molecule has 0 radical (unpaired) electrons. The number of Topliss-reactive ketones (excluding diaryl/α,β-unsaturated/α-hetero) is 2. The monoisotopic (exact) mass is 540 g/mol. The minimum Gasteiger partial charge on any atom is -0.736 e. The number of aliphatic hydroxyl groups is 2. The van der Waals surface area contributed by atoms with Crippen molar-refractivity contribution < 1.29 is 67.9 Å². The van der Waals surface area contributed by atoms with Gasteiger partial charge in [-0.05, 0) is 59.7 Å². The molecular weight excluding hydrogens is 518 g/mol. The largest absolute Gasteiger partial charge is 1.00 e. The van der Waals surface area contributed by atoms with Crippen LogP contribution in [-0.4, -0.2) is 21.8 Å². The number of ketones is 2. The molecule has 0 spiro atoms. The quantitative estimate of drug-likeness (QED) is 0.176. The zero-order valence-electron chi connectivity index (χ0n) is 20.3. The molecule has 0 aliphatic carbocycles. The number of hydrogen-bond acceptors (Lipinski definition) is 8. The van der Waals surface area contributed by atoms with E-state index in [1.807, 2.05) is 0 Å². The Morgan fingerprint density at radius 3 is 1.24 bits per heavy atom. The van der Waals surface area contributed by atoms with Gasteiger partial charge in [-0.25, -0.2) is 4.57 Å². The van der Waals surface area contributed by atoms with Crippen molar-refractivity contribution >= 4 is 19.4 Å². The zero-order valence-corrected chi connectivity index (χ0v) is 23.2. The van der Waals surface area contributed by atoms with E-state index in [1.54, 1.807) is 60.7 Å². The van der Waals surface area contributed by atoms with Gasteiger partial charge >= 0.3 is 37.4 Å². The van der Waals surface area contributed by atoms with E-state index in [2.05, 4.69) is 0 Å². The molecule has 38 heavy (non-hydrogen) atoms. The number of carbonyl (C=O) groups excluding carboxylic acids is 2. The molecule has 4 rings (SSSR count). The van der Waals surface area contributed by atoms with Crippen LogP contribution in [0.1, 0.15) is 44.1 Å². The topological polar surface area (TPSA) is 133 Å². The Morgan fingerprint density at radius 2 is 0.921 bits per heavy atom. The molecule has 2 unspecified atom stereocenters. The number of hydrogen-bond donors (Lipinski definition) is 2. The smallest absolute Gasteiger partial charge is 0.736 e. The Bertz CT molecular complexity index is 1300. The Balaban J connectivity index is 0.00000400. The van der Waals surface area contributed by atoms with E-state index in [0.29, 0.717) is 11.1 Å². The molecule has 0 fully saturated rings. The summed E-state index contributed by atoms with van der Waals surface area (Å²) >= 11 is 0. The summed E-state index contributed by atoms with van der Waals surface area (Å²) in [5, 5.41) is 20.5. The van der Waals surface area contributed by atoms with E-state index in [-0.39, 0.29) is 52.2 Å². The molecule has 0 bridgehead atoms. The fourth-order valence-corrected chi connectivity index (χ4v) is 4.32. The molecule has 0 aliphatic rings. The predicted octanol–water partition coefficient (Wildman–Crippen LogP) is 1.45. The fourth-order valence-electron chi connectivity index (χ4n) is 3.53. The molecule has 4 aromatic rings. The van der Waals surface area contributed by atoms with Crippen LogP contribution in [0.3, 0.4) is 0 Å². The van der Waals surface area contributed by atoms with Crippen LogP contribution < -0.4 is 43.5 Å². The van der Waals surface area contributed by atoms with Gasteiger partial charge in [0, 0.05) is 11.1 Å². The predicted molar refractivity (Wildman–Crippen MR) is 133 cm³/mol. The first-order chi connectivity index (χ1) is 17.7. The average molecular weight is 540 g/mol. The third-order valence-corrected chi connectivity index (χ3v) is 6.31. The summed E-state index contributed by atoms with van der Waals surface area (Å²) in [6.45, 7) is 0. The molecule has 0 aliphatic heterocycles. The first kappa shape index (κ1) is 29.5. The number of benzene rings is 4. The summed E-state index contributed by atoms with van der Waals surface area (Å²) in [7, 11) is -4.87. The van der Waals surface area contributed by atoms with E-state index in [0.717, 1.165) is 0 Å². The normalized spacial score (nSPS) is 13.8. The van der Waals surface area contributed by atoms with Crippen LogP contribution in [0.15, 0.2) is 109 Å².